The molecule has 2 aromatic carbocycles. The van der Waals surface area contributed by atoms with Gasteiger partial charge in [0.2, 0.25) is 10.0 Å². The number of sulfonamides is 1. The van der Waals surface area contributed by atoms with Crippen LogP contribution in [0.3, 0.4) is 0 Å². The number of carbonyl (C=O) groups is 1. The van der Waals surface area contributed by atoms with E-state index in [-0.39, 0.29) is 10.8 Å². The first-order valence-electron chi connectivity index (χ1n) is 11.0. The Kier molecular flexibility index (Phi) is 7.56. The number of amides is 1. The summed E-state index contributed by atoms with van der Waals surface area (Å²) in [5.41, 5.74) is 1.92. The first-order chi connectivity index (χ1) is 16.0. The predicted octanol–water partition coefficient (Wildman–Crippen LogP) is 2.73. The Balaban J connectivity index is 1.31. The molecule has 1 amide bonds. The van der Waals surface area contributed by atoms with Gasteiger partial charge in [0.1, 0.15) is 0 Å². The van der Waals surface area contributed by atoms with E-state index in [0.29, 0.717) is 17.8 Å². The quantitative estimate of drug-likeness (QED) is 0.471. The number of morpholine rings is 1. The smallest absolute Gasteiger partial charge is 0.255 e. The maximum absolute atomic E-state index is 12.7. The largest absolute Gasteiger partial charge is 0.379 e. The monoisotopic (exact) mass is 468 g/mol. The molecular formula is C24H28N4O4S. The van der Waals surface area contributed by atoms with Gasteiger partial charge in [-0.15, -0.1) is 0 Å². The van der Waals surface area contributed by atoms with Crippen LogP contribution in [-0.4, -0.2) is 63.2 Å². The standard InChI is InChI=1S/C24H28N4O4S/c29-24(20-5-3-6-22(19-20)28-13-1-2-14-28)26-21-7-9-23(10-8-21)33(30,31)25-11-4-12-27-15-17-32-18-16-27/h1-3,5-10,13-14,19,25H,4,11-12,15-18H2,(H,26,29). The van der Waals surface area contributed by atoms with Gasteiger partial charge in [-0.25, -0.2) is 13.1 Å². The topological polar surface area (TPSA) is 92.7 Å². The minimum absolute atomic E-state index is 0.168. The number of hydrogen-bond acceptors (Lipinski definition) is 5. The van der Waals surface area contributed by atoms with Crippen LogP contribution >= 0.6 is 0 Å². The number of ether oxygens (including phenoxy) is 1. The molecule has 1 aliphatic heterocycles. The van der Waals surface area contributed by atoms with Crippen molar-refractivity contribution >= 4 is 21.6 Å². The maximum atomic E-state index is 12.7. The van der Waals surface area contributed by atoms with Gasteiger partial charge in [-0.3, -0.25) is 9.69 Å². The number of carbonyl (C=O) groups excluding carboxylic acids is 1. The Morgan fingerprint density at radius 3 is 2.42 bits per heavy atom. The van der Waals surface area contributed by atoms with Crippen molar-refractivity contribution in [2.24, 2.45) is 0 Å². The summed E-state index contributed by atoms with van der Waals surface area (Å²) in [7, 11) is -3.60. The molecular weight excluding hydrogens is 440 g/mol. The molecule has 4 rings (SSSR count). The lowest BCUT2D eigenvalue weighted by molar-refractivity contribution is 0.0376. The van der Waals surface area contributed by atoms with Crippen LogP contribution in [0.5, 0.6) is 0 Å². The Bertz CT molecular complexity index is 1160. The van der Waals surface area contributed by atoms with E-state index in [2.05, 4.69) is 14.9 Å². The van der Waals surface area contributed by atoms with Crippen molar-refractivity contribution in [3.8, 4) is 5.69 Å². The molecule has 2 N–H and O–H groups in total. The third kappa shape index (κ3) is 6.29. The fourth-order valence-electron chi connectivity index (χ4n) is 3.65. The number of benzene rings is 2. The zero-order valence-electron chi connectivity index (χ0n) is 18.3. The SMILES string of the molecule is O=C(Nc1ccc(S(=O)(=O)NCCCN2CCOCC2)cc1)c1cccc(-n2cccc2)c1. The Labute approximate surface area is 194 Å². The van der Waals surface area contributed by atoms with Crippen molar-refractivity contribution in [3.05, 3.63) is 78.6 Å². The molecule has 0 saturated carbocycles. The van der Waals surface area contributed by atoms with Crippen molar-refractivity contribution < 1.29 is 17.9 Å². The van der Waals surface area contributed by atoms with Gasteiger partial charge in [-0.2, -0.15) is 0 Å². The second kappa shape index (κ2) is 10.8. The van der Waals surface area contributed by atoms with Crippen molar-refractivity contribution in [1.82, 2.24) is 14.2 Å². The van der Waals surface area contributed by atoms with Crippen molar-refractivity contribution in [2.45, 2.75) is 11.3 Å². The van der Waals surface area contributed by atoms with E-state index in [1.807, 2.05) is 41.2 Å². The average molecular weight is 469 g/mol. The summed E-state index contributed by atoms with van der Waals surface area (Å²) in [5.74, 6) is -0.263. The number of nitrogens with zero attached hydrogens (tertiary/aromatic N) is 2. The van der Waals surface area contributed by atoms with E-state index in [1.165, 1.54) is 12.1 Å². The molecule has 0 unspecified atom stereocenters. The second-order valence-corrected chi connectivity index (χ2v) is 9.59. The van der Waals surface area contributed by atoms with Crippen molar-refractivity contribution in [1.29, 1.82) is 0 Å². The second-order valence-electron chi connectivity index (χ2n) is 7.82. The molecule has 0 aliphatic carbocycles. The molecule has 0 radical (unpaired) electrons. The Morgan fingerprint density at radius 1 is 0.970 bits per heavy atom. The van der Waals surface area contributed by atoms with Gasteiger partial charge in [-0.05, 0) is 67.6 Å². The van der Waals surface area contributed by atoms with Gasteiger partial charge < -0.3 is 14.6 Å². The summed E-state index contributed by atoms with van der Waals surface area (Å²) in [6.45, 7) is 4.44. The molecule has 33 heavy (non-hydrogen) atoms. The van der Waals surface area contributed by atoms with E-state index >= 15 is 0 Å². The number of rotatable bonds is 9. The summed E-state index contributed by atoms with van der Waals surface area (Å²) in [4.78, 5) is 15.1. The van der Waals surface area contributed by atoms with Crippen LogP contribution in [0, 0.1) is 0 Å². The van der Waals surface area contributed by atoms with Gasteiger partial charge in [0, 0.05) is 49.0 Å². The first kappa shape index (κ1) is 23.2. The highest BCUT2D eigenvalue weighted by atomic mass is 32.2. The summed E-state index contributed by atoms with van der Waals surface area (Å²) < 4.78 is 35.0. The zero-order valence-corrected chi connectivity index (χ0v) is 19.1. The zero-order chi connectivity index (χ0) is 23.1. The van der Waals surface area contributed by atoms with Crippen LogP contribution in [0.4, 0.5) is 5.69 Å². The lowest BCUT2D eigenvalue weighted by Gasteiger charge is -2.26. The van der Waals surface area contributed by atoms with E-state index in [9.17, 15) is 13.2 Å². The van der Waals surface area contributed by atoms with Gasteiger partial charge in [0.05, 0.1) is 18.1 Å². The summed E-state index contributed by atoms with van der Waals surface area (Å²) in [6, 6.07) is 17.3. The minimum Gasteiger partial charge on any atom is -0.379 e. The molecule has 1 saturated heterocycles. The molecule has 0 atom stereocenters. The van der Waals surface area contributed by atoms with Gasteiger partial charge in [0.25, 0.3) is 5.91 Å². The Hall–Kier alpha value is -2.98. The van der Waals surface area contributed by atoms with Crippen LogP contribution in [0.2, 0.25) is 0 Å². The fourth-order valence-corrected chi connectivity index (χ4v) is 4.73. The third-order valence-electron chi connectivity index (χ3n) is 5.48. The number of anilines is 1. The molecule has 3 aromatic rings. The molecule has 1 aromatic heterocycles. The van der Waals surface area contributed by atoms with Crippen LogP contribution < -0.4 is 10.0 Å². The van der Waals surface area contributed by atoms with E-state index in [4.69, 9.17) is 4.74 Å². The van der Waals surface area contributed by atoms with Crippen LogP contribution in [0.25, 0.3) is 5.69 Å². The summed E-state index contributed by atoms with van der Waals surface area (Å²) in [6.07, 6.45) is 4.55. The molecule has 0 bridgehead atoms. The van der Waals surface area contributed by atoms with Gasteiger partial charge >= 0.3 is 0 Å². The highest BCUT2D eigenvalue weighted by Crippen LogP contribution is 2.17. The van der Waals surface area contributed by atoms with E-state index < -0.39 is 10.0 Å². The van der Waals surface area contributed by atoms with Crippen LogP contribution in [-0.2, 0) is 14.8 Å². The molecule has 0 spiro atoms. The maximum Gasteiger partial charge on any atom is 0.255 e. The summed E-state index contributed by atoms with van der Waals surface area (Å²) >= 11 is 0. The number of aromatic nitrogens is 1. The highest BCUT2D eigenvalue weighted by molar-refractivity contribution is 7.89. The Morgan fingerprint density at radius 2 is 1.70 bits per heavy atom. The van der Waals surface area contributed by atoms with E-state index in [0.717, 1.165) is 45.0 Å². The summed E-state index contributed by atoms with van der Waals surface area (Å²) in [5, 5.41) is 2.82. The lowest BCUT2D eigenvalue weighted by Crippen LogP contribution is -2.38. The normalized spacial score (nSPS) is 14.8. The molecule has 1 aliphatic rings. The highest BCUT2D eigenvalue weighted by Gasteiger charge is 2.15. The van der Waals surface area contributed by atoms with Crippen LogP contribution in [0.15, 0.2) is 78.0 Å². The fraction of sp³-hybridized carbons (Fsp3) is 0.292. The average Bonchev–Trinajstić information content (AvgIpc) is 3.38. The minimum atomic E-state index is -3.60. The van der Waals surface area contributed by atoms with Crippen molar-refractivity contribution in [2.75, 3.05) is 44.7 Å². The third-order valence-corrected chi connectivity index (χ3v) is 6.96. The first-order valence-corrected chi connectivity index (χ1v) is 12.4. The molecule has 9 heteroatoms. The molecule has 8 nitrogen and oxygen atoms in total. The van der Waals surface area contributed by atoms with E-state index in [1.54, 1.807) is 24.3 Å². The van der Waals surface area contributed by atoms with Gasteiger partial charge in [-0.1, -0.05) is 6.07 Å². The lowest BCUT2D eigenvalue weighted by atomic mass is 10.2. The molecule has 1 fully saturated rings. The predicted molar refractivity (Wildman–Crippen MR) is 127 cm³/mol. The molecule has 2 heterocycles. The van der Waals surface area contributed by atoms with Crippen LogP contribution in [0.1, 0.15) is 16.8 Å². The molecule has 174 valence electrons. The van der Waals surface area contributed by atoms with Crippen molar-refractivity contribution in [3.63, 3.8) is 0 Å². The van der Waals surface area contributed by atoms with Gasteiger partial charge in [0.15, 0.2) is 0 Å². The number of nitrogens with one attached hydrogen (secondary N) is 2. The number of hydrogen-bond donors (Lipinski definition) is 2.